The maximum atomic E-state index is 12.7. The lowest BCUT2D eigenvalue weighted by atomic mass is 10.0. The normalized spacial score (nSPS) is 13.7. The predicted molar refractivity (Wildman–Crippen MR) is 169 cm³/mol. The summed E-state index contributed by atoms with van der Waals surface area (Å²) in [5, 5.41) is 0. The van der Waals surface area contributed by atoms with E-state index in [4.69, 9.17) is 14.2 Å². The summed E-state index contributed by atoms with van der Waals surface area (Å²) >= 11 is 0. The highest BCUT2D eigenvalue weighted by Crippen LogP contribution is 2.25. The molecule has 0 bridgehead atoms. The minimum Gasteiger partial charge on any atom is -0.378 e. The third-order valence-electron chi connectivity index (χ3n) is 7.78. The van der Waals surface area contributed by atoms with Crippen LogP contribution in [0.2, 0.25) is 0 Å². The second kappa shape index (κ2) is 15.4. The van der Waals surface area contributed by atoms with Crippen LogP contribution >= 0.6 is 0 Å². The van der Waals surface area contributed by atoms with Gasteiger partial charge in [0.2, 0.25) is 0 Å². The van der Waals surface area contributed by atoms with Crippen LogP contribution in [0.3, 0.4) is 0 Å². The van der Waals surface area contributed by atoms with Gasteiger partial charge >= 0.3 is 0 Å². The Morgan fingerprint density at radius 2 is 1.09 bits per heavy atom. The number of carbonyl (C=O) groups excluding carboxylic acids is 2. The molecule has 0 unspecified atom stereocenters. The van der Waals surface area contributed by atoms with Crippen molar-refractivity contribution in [2.75, 3.05) is 39.5 Å². The number of nitrogens with zero attached hydrogens (tertiary/aromatic N) is 2. The monoisotopic (exact) mass is 586 g/mol. The first-order chi connectivity index (χ1) is 20.6. The van der Waals surface area contributed by atoms with Gasteiger partial charge in [-0.2, -0.15) is 0 Å². The van der Waals surface area contributed by atoms with Gasteiger partial charge < -0.3 is 14.2 Å². The SMILES string of the molecule is CC(C)(CCOC(C)(C)CCN1C(=O)c2ccccc2C1=O)OCCOCCN(Cc1ccccc1)Cc1ccccc1. The Hall–Kier alpha value is -3.36. The maximum absolute atomic E-state index is 12.7. The number of carbonyl (C=O) groups is 2. The van der Waals surface area contributed by atoms with Crippen LogP contribution in [0, 0.1) is 0 Å². The van der Waals surface area contributed by atoms with Crippen LogP contribution in [0.4, 0.5) is 0 Å². The Morgan fingerprint density at radius 1 is 0.605 bits per heavy atom. The average molecular weight is 587 g/mol. The van der Waals surface area contributed by atoms with Crippen LogP contribution in [0.1, 0.15) is 72.4 Å². The van der Waals surface area contributed by atoms with Gasteiger partial charge in [-0.15, -0.1) is 0 Å². The average Bonchev–Trinajstić information content (AvgIpc) is 3.23. The van der Waals surface area contributed by atoms with Crippen LogP contribution in [0.25, 0.3) is 0 Å². The van der Waals surface area contributed by atoms with E-state index in [0.29, 0.717) is 56.9 Å². The molecule has 0 radical (unpaired) electrons. The van der Waals surface area contributed by atoms with Gasteiger partial charge in [0.05, 0.1) is 48.8 Å². The van der Waals surface area contributed by atoms with Crippen molar-refractivity contribution in [3.05, 3.63) is 107 Å². The fraction of sp³-hybridized carbons (Fsp3) is 0.444. The van der Waals surface area contributed by atoms with Gasteiger partial charge in [0.25, 0.3) is 11.8 Å². The Bertz CT molecular complexity index is 1230. The molecule has 0 aliphatic carbocycles. The van der Waals surface area contributed by atoms with Crippen molar-refractivity contribution in [2.24, 2.45) is 0 Å². The maximum Gasteiger partial charge on any atom is 0.261 e. The van der Waals surface area contributed by atoms with Gasteiger partial charge in [-0.3, -0.25) is 19.4 Å². The van der Waals surface area contributed by atoms with E-state index in [0.717, 1.165) is 19.6 Å². The Balaban J connectivity index is 1.12. The van der Waals surface area contributed by atoms with Crippen LogP contribution in [-0.2, 0) is 27.3 Å². The molecule has 43 heavy (non-hydrogen) atoms. The highest BCUT2D eigenvalue weighted by atomic mass is 16.5. The van der Waals surface area contributed by atoms with Crippen LogP contribution in [0.15, 0.2) is 84.9 Å². The van der Waals surface area contributed by atoms with Gasteiger partial charge in [0.1, 0.15) is 0 Å². The van der Waals surface area contributed by atoms with Crippen molar-refractivity contribution in [2.45, 2.75) is 64.8 Å². The summed E-state index contributed by atoms with van der Waals surface area (Å²) in [4.78, 5) is 29.0. The van der Waals surface area contributed by atoms with Crippen molar-refractivity contribution in [3.63, 3.8) is 0 Å². The molecule has 0 spiro atoms. The lowest BCUT2D eigenvalue weighted by Gasteiger charge is -2.30. The zero-order chi connectivity index (χ0) is 30.7. The fourth-order valence-corrected chi connectivity index (χ4v) is 5.11. The molecule has 230 valence electrons. The Kier molecular flexibility index (Phi) is 11.7. The smallest absolute Gasteiger partial charge is 0.261 e. The minimum absolute atomic E-state index is 0.228. The van der Waals surface area contributed by atoms with Crippen molar-refractivity contribution in [3.8, 4) is 0 Å². The van der Waals surface area contributed by atoms with E-state index in [1.807, 2.05) is 26.0 Å². The second-order valence-corrected chi connectivity index (χ2v) is 12.3. The third kappa shape index (κ3) is 10.1. The molecule has 0 saturated carbocycles. The third-order valence-corrected chi connectivity index (χ3v) is 7.78. The number of fused-ring (bicyclic) bond motifs is 1. The number of imide groups is 1. The molecule has 7 nitrogen and oxygen atoms in total. The summed E-state index contributed by atoms with van der Waals surface area (Å²) in [5.41, 5.74) is 2.68. The summed E-state index contributed by atoms with van der Waals surface area (Å²) in [6.45, 7) is 13.2. The first-order valence-corrected chi connectivity index (χ1v) is 15.2. The zero-order valence-electron chi connectivity index (χ0n) is 26.1. The molecule has 1 aliphatic heterocycles. The largest absolute Gasteiger partial charge is 0.378 e. The lowest BCUT2D eigenvalue weighted by Crippen LogP contribution is -2.37. The molecule has 4 rings (SSSR count). The number of amides is 2. The molecule has 0 N–H and O–H groups in total. The first-order valence-electron chi connectivity index (χ1n) is 15.2. The van der Waals surface area contributed by atoms with E-state index in [-0.39, 0.29) is 17.4 Å². The molecule has 7 heteroatoms. The summed E-state index contributed by atoms with van der Waals surface area (Å²) in [7, 11) is 0. The van der Waals surface area contributed by atoms with Crippen molar-refractivity contribution < 1.29 is 23.8 Å². The quantitative estimate of drug-likeness (QED) is 0.127. The minimum atomic E-state index is -0.486. The van der Waals surface area contributed by atoms with Gasteiger partial charge in [-0.25, -0.2) is 0 Å². The highest BCUT2D eigenvalue weighted by Gasteiger charge is 2.36. The van der Waals surface area contributed by atoms with Crippen molar-refractivity contribution >= 4 is 11.8 Å². The molecular formula is C36H46N2O5. The standard InChI is InChI=1S/C36H46N2O5/c1-35(2,19-21-38-33(39)31-17-11-12-18-32(31)34(38)40)42-23-20-36(3,4)43-26-25-41-24-22-37(27-29-13-7-5-8-14-29)28-30-15-9-6-10-16-30/h5-18H,19-28H2,1-4H3. The van der Waals surface area contributed by atoms with E-state index < -0.39 is 5.60 Å². The van der Waals surface area contributed by atoms with E-state index in [1.165, 1.54) is 16.0 Å². The van der Waals surface area contributed by atoms with Crippen LogP contribution in [0.5, 0.6) is 0 Å². The number of ether oxygens (including phenoxy) is 3. The molecular weight excluding hydrogens is 540 g/mol. The molecule has 0 atom stereocenters. The predicted octanol–water partition coefficient (Wildman–Crippen LogP) is 6.37. The molecule has 2 amide bonds. The number of rotatable bonds is 18. The van der Waals surface area contributed by atoms with E-state index in [1.54, 1.807) is 24.3 Å². The van der Waals surface area contributed by atoms with E-state index in [9.17, 15) is 9.59 Å². The molecule has 0 fully saturated rings. The van der Waals surface area contributed by atoms with Gasteiger partial charge in [0, 0.05) is 26.2 Å². The molecule has 0 aromatic heterocycles. The lowest BCUT2D eigenvalue weighted by molar-refractivity contribution is -0.0857. The fourth-order valence-electron chi connectivity index (χ4n) is 5.11. The van der Waals surface area contributed by atoms with Crippen molar-refractivity contribution in [1.82, 2.24) is 9.80 Å². The molecule has 1 heterocycles. The Morgan fingerprint density at radius 3 is 1.65 bits per heavy atom. The number of benzene rings is 3. The van der Waals surface area contributed by atoms with Crippen molar-refractivity contribution in [1.29, 1.82) is 0 Å². The van der Waals surface area contributed by atoms with Gasteiger partial charge in [-0.1, -0.05) is 72.8 Å². The second-order valence-electron chi connectivity index (χ2n) is 12.3. The number of hydrogen-bond acceptors (Lipinski definition) is 6. The zero-order valence-corrected chi connectivity index (χ0v) is 26.1. The Labute approximate surface area is 256 Å². The summed E-state index contributed by atoms with van der Waals surface area (Å²) in [5.74, 6) is -0.457. The first kappa shape index (κ1) is 32.6. The summed E-state index contributed by atoms with van der Waals surface area (Å²) in [6, 6.07) is 28.0. The number of hydrogen-bond donors (Lipinski definition) is 0. The topological polar surface area (TPSA) is 68.3 Å². The molecule has 3 aromatic carbocycles. The van der Waals surface area contributed by atoms with Crippen LogP contribution in [-0.4, -0.2) is 72.3 Å². The van der Waals surface area contributed by atoms with Gasteiger partial charge in [0.15, 0.2) is 0 Å². The van der Waals surface area contributed by atoms with Crippen LogP contribution < -0.4 is 0 Å². The molecule has 3 aromatic rings. The van der Waals surface area contributed by atoms with E-state index in [2.05, 4.69) is 67.3 Å². The summed E-state index contributed by atoms with van der Waals surface area (Å²) < 4.78 is 18.3. The molecule has 0 saturated heterocycles. The highest BCUT2D eigenvalue weighted by molar-refractivity contribution is 6.21. The van der Waals surface area contributed by atoms with Gasteiger partial charge in [-0.05, 0) is 63.8 Å². The summed E-state index contributed by atoms with van der Waals surface area (Å²) in [6.07, 6.45) is 1.27. The molecule has 1 aliphatic rings. The van der Waals surface area contributed by atoms with E-state index >= 15 is 0 Å².